The maximum absolute atomic E-state index is 11.9. The van der Waals surface area contributed by atoms with Gasteiger partial charge in [0, 0.05) is 12.6 Å². The highest BCUT2D eigenvalue weighted by Crippen LogP contribution is 2.23. The molecule has 1 heterocycles. The van der Waals surface area contributed by atoms with Crippen LogP contribution in [-0.4, -0.2) is 21.5 Å². The van der Waals surface area contributed by atoms with Gasteiger partial charge in [-0.1, -0.05) is 6.42 Å². The van der Waals surface area contributed by atoms with Crippen molar-refractivity contribution in [3.8, 4) is 0 Å². The fraction of sp³-hybridized carbons (Fsp3) is 0.455. The minimum Gasteiger partial charge on any atom is -0.299 e. The van der Waals surface area contributed by atoms with Gasteiger partial charge in [-0.3, -0.25) is 9.59 Å². The van der Waals surface area contributed by atoms with Crippen molar-refractivity contribution in [2.24, 2.45) is 5.92 Å². The van der Waals surface area contributed by atoms with Crippen LogP contribution >= 0.6 is 0 Å². The lowest BCUT2D eigenvalue weighted by atomic mass is 9.84. The summed E-state index contributed by atoms with van der Waals surface area (Å²) in [6, 6.07) is 1.56. The lowest BCUT2D eigenvalue weighted by Crippen LogP contribution is -2.27. The third kappa shape index (κ3) is 2.09. The van der Waals surface area contributed by atoms with Crippen LogP contribution in [0.15, 0.2) is 18.6 Å². The van der Waals surface area contributed by atoms with E-state index in [1.165, 1.54) is 12.5 Å². The van der Waals surface area contributed by atoms with Gasteiger partial charge in [-0.15, -0.1) is 0 Å². The number of rotatable bonds is 2. The first-order chi connectivity index (χ1) is 7.29. The summed E-state index contributed by atoms with van der Waals surface area (Å²) < 4.78 is 0. The quantitative estimate of drug-likeness (QED) is 0.540. The van der Waals surface area contributed by atoms with Crippen LogP contribution in [0.4, 0.5) is 0 Å². The molecule has 1 aliphatic carbocycles. The summed E-state index contributed by atoms with van der Waals surface area (Å²) in [5, 5.41) is 0. The van der Waals surface area contributed by atoms with E-state index in [4.69, 9.17) is 0 Å². The maximum atomic E-state index is 11.9. The molecule has 4 heteroatoms. The third-order valence-corrected chi connectivity index (χ3v) is 2.71. The average Bonchev–Trinajstić information content (AvgIpc) is 2.30. The molecule has 78 valence electrons. The number of hydrogen-bond acceptors (Lipinski definition) is 4. The molecule has 1 fully saturated rings. The van der Waals surface area contributed by atoms with E-state index < -0.39 is 5.92 Å². The molecule has 0 aliphatic heterocycles. The van der Waals surface area contributed by atoms with Gasteiger partial charge in [0.1, 0.15) is 17.8 Å². The van der Waals surface area contributed by atoms with Crippen LogP contribution in [0.2, 0.25) is 0 Å². The summed E-state index contributed by atoms with van der Waals surface area (Å²) in [6.45, 7) is 0. The van der Waals surface area contributed by atoms with Crippen molar-refractivity contribution in [3.05, 3.63) is 24.3 Å². The number of carbonyl (C=O) groups is 2. The SMILES string of the molecule is O=C1CCCCC1C(=O)c1ccncn1. The van der Waals surface area contributed by atoms with Crippen LogP contribution in [-0.2, 0) is 4.79 Å². The molecule has 1 atom stereocenters. The van der Waals surface area contributed by atoms with Crippen molar-refractivity contribution in [1.82, 2.24) is 9.97 Å². The Morgan fingerprint density at radius 2 is 2.27 bits per heavy atom. The number of hydrogen-bond donors (Lipinski definition) is 0. The van der Waals surface area contributed by atoms with Gasteiger partial charge >= 0.3 is 0 Å². The van der Waals surface area contributed by atoms with Gasteiger partial charge in [0.25, 0.3) is 0 Å². The Bertz CT molecular complexity index is 375. The largest absolute Gasteiger partial charge is 0.299 e. The Balaban J connectivity index is 2.17. The highest BCUT2D eigenvalue weighted by atomic mass is 16.2. The van der Waals surface area contributed by atoms with E-state index in [1.807, 2.05) is 0 Å². The Morgan fingerprint density at radius 1 is 1.40 bits per heavy atom. The topological polar surface area (TPSA) is 59.9 Å². The zero-order chi connectivity index (χ0) is 10.7. The first-order valence-electron chi connectivity index (χ1n) is 5.12. The molecule has 15 heavy (non-hydrogen) atoms. The van der Waals surface area contributed by atoms with Crippen LogP contribution in [0.25, 0.3) is 0 Å². The molecule has 0 N–H and O–H groups in total. The second-order valence-corrected chi connectivity index (χ2v) is 3.72. The van der Waals surface area contributed by atoms with Crippen molar-refractivity contribution in [2.75, 3.05) is 0 Å². The summed E-state index contributed by atoms with van der Waals surface area (Å²) in [5.41, 5.74) is 0.352. The first-order valence-corrected chi connectivity index (χ1v) is 5.12. The Hall–Kier alpha value is -1.58. The van der Waals surface area contributed by atoms with Gasteiger partial charge in [-0.05, 0) is 18.9 Å². The first kappa shape index (κ1) is 9.96. The summed E-state index contributed by atoms with van der Waals surface area (Å²) in [6.07, 6.45) is 5.91. The molecule has 1 aromatic rings. The number of ketones is 2. The molecule has 1 aliphatic rings. The van der Waals surface area contributed by atoms with E-state index in [0.717, 1.165) is 12.8 Å². The fourth-order valence-electron chi connectivity index (χ4n) is 1.88. The Kier molecular flexibility index (Phi) is 2.85. The van der Waals surface area contributed by atoms with E-state index in [2.05, 4.69) is 9.97 Å². The highest BCUT2D eigenvalue weighted by molar-refractivity contribution is 6.09. The predicted molar refractivity (Wildman–Crippen MR) is 53.3 cm³/mol. The Morgan fingerprint density at radius 3 is 2.93 bits per heavy atom. The van der Waals surface area contributed by atoms with Crippen molar-refractivity contribution in [3.63, 3.8) is 0 Å². The summed E-state index contributed by atoms with van der Waals surface area (Å²) in [5.74, 6) is -0.555. The number of nitrogens with zero attached hydrogens (tertiary/aromatic N) is 2. The van der Waals surface area contributed by atoms with E-state index >= 15 is 0 Å². The standard InChI is InChI=1S/C11H12N2O2/c14-10-4-2-1-3-8(10)11(15)9-5-6-12-7-13-9/h5-8H,1-4H2. The van der Waals surface area contributed by atoms with Crippen LogP contribution in [0, 0.1) is 5.92 Å². The van der Waals surface area contributed by atoms with Crippen LogP contribution in [0.3, 0.4) is 0 Å². The van der Waals surface area contributed by atoms with Crippen LogP contribution < -0.4 is 0 Å². The van der Waals surface area contributed by atoms with E-state index in [0.29, 0.717) is 18.5 Å². The van der Waals surface area contributed by atoms with Crippen LogP contribution in [0.1, 0.15) is 36.2 Å². The lowest BCUT2D eigenvalue weighted by molar-refractivity contribution is -0.122. The van der Waals surface area contributed by atoms with E-state index in [-0.39, 0.29) is 11.6 Å². The summed E-state index contributed by atoms with van der Waals surface area (Å²) in [4.78, 5) is 31.1. The smallest absolute Gasteiger partial charge is 0.191 e. The van der Waals surface area contributed by atoms with E-state index in [9.17, 15) is 9.59 Å². The second-order valence-electron chi connectivity index (χ2n) is 3.72. The zero-order valence-corrected chi connectivity index (χ0v) is 8.35. The van der Waals surface area contributed by atoms with Crippen molar-refractivity contribution < 1.29 is 9.59 Å². The molecule has 0 aromatic carbocycles. The van der Waals surface area contributed by atoms with Crippen molar-refractivity contribution in [1.29, 1.82) is 0 Å². The van der Waals surface area contributed by atoms with E-state index in [1.54, 1.807) is 6.07 Å². The molecule has 4 nitrogen and oxygen atoms in total. The van der Waals surface area contributed by atoms with Gasteiger partial charge in [-0.25, -0.2) is 9.97 Å². The number of Topliss-reactive ketones (excluding diaryl/α,β-unsaturated/α-hetero) is 2. The molecule has 2 rings (SSSR count). The highest BCUT2D eigenvalue weighted by Gasteiger charge is 2.30. The molecule has 0 bridgehead atoms. The minimum absolute atomic E-state index is 0.0601. The lowest BCUT2D eigenvalue weighted by Gasteiger charge is -2.18. The van der Waals surface area contributed by atoms with Gasteiger partial charge in [0.15, 0.2) is 5.78 Å². The molecular formula is C11H12N2O2. The van der Waals surface area contributed by atoms with Crippen LogP contribution in [0.5, 0.6) is 0 Å². The fourth-order valence-corrected chi connectivity index (χ4v) is 1.88. The molecular weight excluding hydrogens is 192 g/mol. The number of aromatic nitrogens is 2. The molecule has 1 unspecified atom stereocenters. The summed E-state index contributed by atoms with van der Waals surface area (Å²) >= 11 is 0. The van der Waals surface area contributed by atoms with Gasteiger partial charge in [0.2, 0.25) is 0 Å². The monoisotopic (exact) mass is 204 g/mol. The Labute approximate surface area is 87.7 Å². The normalized spacial score (nSPS) is 21.3. The molecule has 0 saturated heterocycles. The second kappa shape index (κ2) is 4.29. The van der Waals surface area contributed by atoms with Gasteiger partial charge in [0.05, 0.1) is 5.92 Å². The molecule has 1 aromatic heterocycles. The molecule has 0 spiro atoms. The molecule has 1 saturated carbocycles. The predicted octanol–water partition coefficient (Wildman–Crippen LogP) is 1.42. The van der Waals surface area contributed by atoms with Gasteiger partial charge in [-0.2, -0.15) is 0 Å². The molecule has 0 radical (unpaired) electrons. The average molecular weight is 204 g/mol. The minimum atomic E-state index is -0.464. The van der Waals surface area contributed by atoms with Crippen molar-refractivity contribution >= 4 is 11.6 Å². The molecule has 0 amide bonds. The van der Waals surface area contributed by atoms with Crippen molar-refractivity contribution in [2.45, 2.75) is 25.7 Å². The number of carbonyl (C=O) groups excluding carboxylic acids is 2. The maximum Gasteiger partial charge on any atom is 0.191 e. The third-order valence-electron chi connectivity index (χ3n) is 2.71. The zero-order valence-electron chi connectivity index (χ0n) is 8.35. The van der Waals surface area contributed by atoms with Gasteiger partial charge < -0.3 is 0 Å². The summed E-state index contributed by atoms with van der Waals surface area (Å²) in [7, 11) is 0.